The SMILES string of the molecule is CCCNc1cncc(NC(C)c2ncc(CC)s2)c1. The predicted octanol–water partition coefficient (Wildman–Crippen LogP) is 4.10. The first-order valence-electron chi connectivity index (χ1n) is 7.13. The van der Waals surface area contributed by atoms with Gasteiger partial charge in [-0.15, -0.1) is 11.3 Å². The zero-order chi connectivity index (χ0) is 14.4. The van der Waals surface area contributed by atoms with E-state index in [1.165, 1.54) is 4.88 Å². The van der Waals surface area contributed by atoms with E-state index in [1.807, 2.05) is 18.6 Å². The number of aromatic nitrogens is 2. The quantitative estimate of drug-likeness (QED) is 0.806. The number of anilines is 2. The van der Waals surface area contributed by atoms with Gasteiger partial charge in [-0.05, 0) is 25.8 Å². The third kappa shape index (κ3) is 3.93. The van der Waals surface area contributed by atoms with Crippen molar-refractivity contribution in [3.63, 3.8) is 0 Å². The van der Waals surface area contributed by atoms with E-state index in [0.29, 0.717) is 0 Å². The van der Waals surface area contributed by atoms with Gasteiger partial charge in [0.25, 0.3) is 0 Å². The largest absolute Gasteiger partial charge is 0.384 e. The van der Waals surface area contributed by atoms with Gasteiger partial charge in [-0.25, -0.2) is 4.98 Å². The van der Waals surface area contributed by atoms with Crippen molar-refractivity contribution in [1.82, 2.24) is 9.97 Å². The summed E-state index contributed by atoms with van der Waals surface area (Å²) < 4.78 is 0. The monoisotopic (exact) mass is 290 g/mol. The summed E-state index contributed by atoms with van der Waals surface area (Å²) in [6, 6.07) is 2.29. The zero-order valence-electron chi connectivity index (χ0n) is 12.3. The Labute approximate surface area is 124 Å². The summed E-state index contributed by atoms with van der Waals surface area (Å²) in [5.41, 5.74) is 2.07. The number of nitrogens with zero attached hydrogens (tertiary/aromatic N) is 2. The van der Waals surface area contributed by atoms with Gasteiger partial charge < -0.3 is 10.6 Å². The molecule has 1 atom stereocenters. The van der Waals surface area contributed by atoms with Crippen LogP contribution >= 0.6 is 11.3 Å². The van der Waals surface area contributed by atoms with Crippen LogP contribution in [0.1, 0.15) is 43.1 Å². The molecule has 2 aromatic rings. The average Bonchev–Trinajstić information content (AvgIpc) is 2.94. The van der Waals surface area contributed by atoms with Gasteiger partial charge in [0.2, 0.25) is 0 Å². The van der Waals surface area contributed by atoms with E-state index in [1.54, 1.807) is 11.3 Å². The van der Waals surface area contributed by atoms with E-state index < -0.39 is 0 Å². The minimum absolute atomic E-state index is 0.198. The molecular weight excluding hydrogens is 268 g/mol. The summed E-state index contributed by atoms with van der Waals surface area (Å²) in [5, 5.41) is 7.92. The molecule has 5 heteroatoms. The van der Waals surface area contributed by atoms with Crippen LogP contribution in [0.2, 0.25) is 0 Å². The minimum atomic E-state index is 0.198. The normalized spacial score (nSPS) is 12.2. The molecule has 2 N–H and O–H groups in total. The highest BCUT2D eigenvalue weighted by atomic mass is 32.1. The molecule has 0 radical (unpaired) electrons. The van der Waals surface area contributed by atoms with Gasteiger partial charge in [0.15, 0.2) is 0 Å². The number of thiazole rings is 1. The lowest BCUT2D eigenvalue weighted by molar-refractivity contribution is 0.867. The molecule has 0 aliphatic rings. The molecular formula is C15H22N4S. The lowest BCUT2D eigenvalue weighted by Crippen LogP contribution is -2.07. The third-order valence-electron chi connectivity index (χ3n) is 2.99. The van der Waals surface area contributed by atoms with E-state index in [9.17, 15) is 0 Å². The van der Waals surface area contributed by atoms with Crippen LogP contribution in [0.15, 0.2) is 24.7 Å². The van der Waals surface area contributed by atoms with Crippen LogP contribution in [0.3, 0.4) is 0 Å². The van der Waals surface area contributed by atoms with Crippen LogP contribution < -0.4 is 10.6 Å². The van der Waals surface area contributed by atoms with E-state index in [0.717, 1.165) is 35.8 Å². The molecule has 108 valence electrons. The van der Waals surface area contributed by atoms with Gasteiger partial charge >= 0.3 is 0 Å². The van der Waals surface area contributed by atoms with Crippen molar-refractivity contribution in [1.29, 1.82) is 0 Å². The summed E-state index contributed by atoms with van der Waals surface area (Å²) in [6.45, 7) is 7.40. The maximum atomic E-state index is 4.48. The van der Waals surface area contributed by atoms with Gasteiger partial charge in [0, 0.05) is 17.6 Å². The Morgan fingerprint density at radius 3 is 2.70 bits per heavy atom. The minimum Gasteiger partial charge on any atom is -0.384 e. The van der Waals surface area contributed by atoms with Crippen molar-refractivity contribution in [3.8, 4) is 0 Å². The van der Waals surface area contributed by atoms with E-state index >= 15 is 0 Å². The lowest BCUT2D eigenvalue weighted by atomic mass is 10.3. The predicted molar refractivity (Wildman–Crippen MR) is 86.5 cm³/mol. The molecule has 0 aliphatic heterocycles. The first kappa shape index (κ1) is 14.8. The number of aryl methyl sites for hydroxylation is 1. The molecule has 2 aromatic heterocycles. The van der Waals surface area contributed by atoms with E-state index in [2.05, 4.69) is 47.4 Å². The van der Waals surface area contributed by atoms with Crippen molar-refractivity contribution < 1.29 is 0 Å². The molecule has 4 nitrogen and oxygen atoms in total. The molecule has 2 rings (SSSR count). The Bertz CT molecular complexity index is 538. The van der Waals surface area contributed by atoms with Crippen molar-refractivity contribution in [3.05, 3.63) is 34.5 Å². The smallest absolute Gasteiger partial charge is 0.115 e. The summed E-state index contributed by atoms with van der Waals surface area (Å²) in [5.74, 6) is 0. The second-order valence-electron chi connectivity index (χ2n) is 4.77. The Morgan fingerprint density at radius 2 is 2.00 bits per heavy atom. The fourth-order valence-electron chi connectivity index (χ4n) is 1.88. The fraction of sp³-hybridized carbons (Fsp3) is 0.467. The first-order chi connectivity index (χ1) is 9.72. The fourth-order valence-corrected chi connectivity index (χ4v) is 2.74. The summed E-state index contributed by atoms with van der Waals surface area (Å²) >= 11 is 1.77. The van der Waals surface area contributed by atoms with Crippen LogP contribution in [0, 0.1) is 0 Å². The summed E-state index contributed by atoms with van der Waals surface area (Å²) in [6.07, 6.45) is 7.82. The van der Waals surface area contributed by atoms with Crippen LogP contribution in [-0.4, -0.2) is 16.5 Å². The highest BCUT2D eigenvalue weighted by Gasteiger charge is 2.10. The molecule has 20 heavy (non-hydrogen) atoms. The second kappa shape index (κ2) is 7.24. The number of nitrogens with one attached hydrogen (secondary N) is 2. The third-order valence-corrected chi connectivity index (χ3v) is 4.32. The molecule has 0 amide bonds. The van der Waals surface area contributed by atoms with Gasteiger partial charge in [0.05, 0.1) is 29.8 Å². The Morgan fingerprint density at radius 1 is 1.20 bits per heavy atom. The topological polar surface area (TPSA) is 49.8 Å². The molecule has 1 unspecified atom stereocenters. The Hall–Kier alpha value is -1.62. The van der Waals surface area contributed by atoms with Crippen LogP contribution in [-0.2, 0) is 6.42 Å². The highest BCUT2D eigenvalue weighted by Crippen LogP contribution is 2.24. The molecule has 0 saturated heterocycles. The van der Waals surface area contributed by atoms with Gasteiger partial charge in [-0.1, -0.05) is 13.8 Å². The van der Waals surface area contributed by atoms with Crippen molar-refractivity contribution in [2.24, 2.45) is 0 Å². The van der Waals surface area contributed by atoms with Crippen LogP contribution in [0.25, 0.3) is 0 Å². The number of rotatable bonds is 7. The molecule has 0 saturated carbocycles. The number of hydrogen-bond acceptors (Lipinski definition) is 5. The van der Waals surface area contributed by atoms with Crippen molar-refractivity contribution in [2.45, 2.75) is 39.7 Å². The number of pyridine rings is 1. The Kier molecular flexibility index (Phi) is 5.35. The summed E-state index contributed by atoms with van der Waals surface area (Å²) in [4.78, 5) is 10.1. The highest BCUT2D eigenvalue weighted by molar-refractivity contribution is 7.11. The number of hydrogen-bond donors (Lipinski definition) is 2. The second-order valence-corrected chi connectivity index (χ2v) is 5.92. The molecule has 2 heterocycles. The van der Waals surface area contributed by atoms with Gasteiger partial charge in [0.1, 0.15) is 5.01 Å². The lowest BCUT2D eigenvalue weighted by Gasteiger charge is -2.13. The molecule has 0 spiro atoms. The van der Waals surface area contributed by atoms with Crippen LogP contribution in [0.5, 0.6) is 0 Å². The van der Waals surface area contributed by atoms with Crippen LogP contribution in [0.4, 0.5) is 11.4 Å². The molecule has 0 fully saturated rings. The standard InChI is InChI=1S/C15H22N4S/c1-4-6-17-12-7-13(9-16-8-12)19-11(3)15-18-10-14(5-2)20-15/h7-11,17,19H,4-6H2,1-3H3. The average molecular weight is 290 g/mol. The Balaban J connectivity index is 2.01. The van der Waals surface area contributed by atoms with Crippen molar-refractivity contribution in [2.75, 3.05) is 17.2 Å². The van der Waals surface area contributed by atoms with E-state index in [-0.39, 0.29) is 6.04 Å². The van der Waals surface area contributed by atoms with Crippen molar-refractivity contribution >= 4 is 22.7 Å². The molecule has 0 aromatic carbocycles. The maximum absolute atomic E-state index is 4.48. The van der Waals surface area contributed by atoms with Gasteiger partial charge in [-0.3, -0.25) is 4.98 Å². The summed E-state index contributed by atoms with van der Waals surface area (Å²) in [7, 11) is 0. The maximum Gasteiger partial charge on any atom is 0.115 e. The molecule has 0 aliphatic carbocycles. The van der Waals surface area contributed by atoms with Gasteiger partial charge in [-0.2, -0.15) is 0 Å². The zero-order valence-corrected chi connectivity index (χ0v) is 13.1. The molecule has 0 bridgehead atoms. The first-order valence-corrected chi connectivity index (χ1v) is 7.94. The van der Waals surface area contributed by atoms with E-state index in [4.69, 9.17) is 0 Å².